The van der Waals surface area contributed by atoms with E-state index in [0.29, 0.717) is 37.9 Å². The average Bonchev–Trinajstić information content (AvgIpc) is 3.48. The molecule has 5 nitrogen and oxygen atoms in total. The molecule has 7 heteroatoms. The van der Waals surface area contributed by atoms with E-state index in [4.69, 9.17) is 16.3 Å². The molecule has 2 fully saturated rings. The summed E-state index contributed by atoms with van der Waals surface area (Å²) in [5.74, 6) is -0.796. The molecule has 4 aliphatic rings. The monoisotopic (exact) mass is 629 g/mol. The van der Waals surface area contributed by atoms with Crippen LogP contribution in [0, 0.1) is 11.2 Å². The highest BCUT2D eigenvalue weighted by Gasteiger charge is 2.63. The maximum absolute atomic E-state index is 14.8. The first kappa shape index (κ1) is 31.5. The summed E-state index contributed by atoms with van der Waals surface area (Å²) in [4.78, 5) is 29.4. The van der Waals surface area contributed by atoms with Gasteiger partial charge in [0.05, 0.1) is 12.6 Å². The molecule has 0 unspecified atom stereocenters. The topological polar surface area (TPSA) is 66.8 Å². The van der Waals surface area contributed by atoms with E-state index in [-0.39, 0.29) is 34.8 Å². The number of halogens is 2. The van der Waals surface area contributed by atoms with Crippen LogP contribution in [0.1, 0.15) is 90.9 Å². The third kappa shape index (κ3) is 6.19. The molecule has 7 rings (SSSR count). The van der Waals surface area contributed by atoms with Crippen molar-refractivity contribution in [1.29, 1.82) is 0 Å². The van der Waals surface area contributed by atoms with Gasteiger partial charge in [0.1, 0.15) is 11.4 Å². The molecule has 1 spiro atoms. The first-order valence-electron chi connectivity index (χ1n) is 16.0. The smallest absolute Gasteiger partial charge is 0.410 e. The van der Waals surface area contributed by atoms with Crippen molar-refractivity contribution in [3.63, 3.8) is 0 Å². The van der Waals surface area contributed by atoms with E-state index in [1.807, 2.05) is 53.4 Å². The lowest BCUT2D eigenvalue weighted by atomic mass is 9.64. The van der Waals surface area contributed by atoms with Gasteiger partial charge in [-0.3, -0.25) is 9.69 Å². The molecule has 1 N–H and O–H groups in total. The fourth-order valence-electron chi connectivity index (χ4n) is 7.91. The van der Waals surface area contributed by atoms with E-state index in [9.17, 15) is 19.1 Å². The number of rotatable bonds is 5. The quantitative estimate of drug-likeness (QED) is 0.227. The molecule has 3 aliphatic carbocycles. The summed E-state index contributed by atoms with van der Waals surface area (Å²) in [5.41, 5.74) is 3.56. The SMILES string of the molecule is CC1=CCC[C@@]2(C)[C@@H](CC[C@@]23CN(Cc2ccccc2)C(=O)O3)c2ccc(cc2C(=O)Cc2c(F)cccc2Cl)C[C@@H](O)CC1. The summed E-state index contributed by atoms with van der Waals surface area (Å²) in [6.07, 6.45) is 6.04. The lowest BCUT2D eigenvalue weighted by Gasteiger charge is -2.43. The van der Waals surface area contributed by atoms with E-state index in [2.05, 4.69) is 19.9 Å². The third-order valence-electron chi connectivity index (χ3n) is 10.5. The number of aliphatic hydroxyl groups excluding tert-OH is 1. The molecule has 1 amide bonds. The minimum Gasteiger partial charge on any atom is -0.440 e. The number of carbonyl (C=O) groups excluding carboxylic acids is 2. The molecular weight excluding hydrogens is 589 g/mol. The Labute approximate surface area is 270 Å². The van der Waals surface area contributed by atoms with Crippen LogP contribution < -0.4 is 0 Å². The van der Waals surface area contributed by atoms with E-state index >= 15 is 0 Å². The van der Waals surface area contributed by atoms with Gasteiger partial charge >= 0.3 is 6.09 Å². The highest BCUT2D eigenvalue weighted by molar-refractivity contribution is 6.31. The van der Waals surface area contributed by atoms with Crippen molar-refractivity contribution in [2.45, 2.75) is 89.4 Å². The van der Waals surface area contributed by atoms with Crippen LogP contribution in [-0.2, 0) is 24.1 Å². The van der Waals surface area contributed by atoms with E-state index in [1.165, 1.54) is 17.7 Å². The van der Waals surface area contributed by atoms with Crippen LogP contribution in [0.15, 0.2) is 78.4 Å². The molecule has 1 saturated carbocycles. The summed E-state index contributed by atoms with van der Waals surface area (Å²) in [6, 6.07) is 20.3. The van der Waals surface area contributed by atoms with Crippen LogP contribution >= 0.6 is 11.6 Å². The Morgan fingerprint density at radius 2 is 1.89 bits per heavy atom. The maximum atomic E-state index is 14.8. The zero-order valence-corrected chi connectivity index (χ0v) is 26.8. The van der Waals surface area contributed by atoms with Gasteiger partial charge in [0.2, 0.25) is 0 Å². The minimum atomic E-state index is -0.716. The molecule has 0 radical (unpaired) electrons. The van der Waals surface area contributed by atoms with Gasteiger partial charge in [0.15, 0.2) is 5.78 Å². The van der Waals surface area contributed by atoms with Crippen molar-refractivity contribution in [3.8, 4) is 0 Å². The van der Waals surface area contributed by atoms with Crippen molar-refractivity contribution in [2.75, 3.05) is 6.54 Å². The molecule has 45 heavy (non-hydrogen) atoms. The number of hydrogen-bond donors (Lipinski definition) is 1. The van der Waals surface area contributed by atoms with Gasteiger partial charge in [-0.1, -0.05) is 78.7 Å². The Hall–Kier alpha value is -3.48. The number of ether oxygens (including phenoxy) is 1. The van der Waals surface area contributed by atoms with Gasteiger partial charge in [-0.2, -0.15) is 0 Å². The predicted molar refractivity (Wildman–Crippen MR) is 174 cm³/mol. The lowest BCUT2D eigenvalue weighted by Crippen LogP contribution is -2.48. The number of carbonyl (C=O) groups is 2. The number of fused-ring (bicyclic) bond motifs is 8. The minimum absolute atomic E-state index is 0.0763. The number of Topliss-reactive ketones (excluding diaryl/α,β-unsaturated/α-hetero) is 1. The Kier molecular flexibility index (Phi) is 8.91. The molecule has 2 bridgehead atoms. The summed E-state index contributed by atoms with van der Waals surface area (Å²) in [6.45, 7) is 5.29. The van der Waals surface area contributed by atoms with Crippen LogP contribution in [0.2, 0.25) is 5.02 Å². The van der Waals surface area contributed by atoms with Crippen molar-refractivity contribution in [3.05, 3.63) is 117 Å². The zero-order chi connectivity index (χ0) is 31.8. The molecular formula is C38H41ClFNO4. The number of nitrogens with zero attached hydrogens (tertiary/aromatic N) is 1. The van der Waals surface area contributed by atoms with E-state index in [0.717, 1.165) is 42.4 Å². The lowest BCUT2D eigenvalue weighted by molar-refractivity contribution is -0.0373. The van der Waals surface area contributed by atoms with E-state index in [1.54, 1.807) is 6.07 Å². The molecule has 1 heterocycles. The van der Waals surface area contributed by atoms with Crippen LogP contribution in [0.3, 0.4) is 0 Å². The second-order valence-electron chi connectivity index (χ2n) is 13.4. The fraction of sp³-hybridized carbons (Fsp3) is 0.421. The number of ketones is 1. The third-order valence-corrected chi connectivity index (χ3v) is 10.9. The predicted octanol–water partition coefficient (Wildman–Crippen LogP) is 8.60. The number of benzene rings is 3. The first-order chi connectivity index (χ1) is 21.6. The Bertz CT molecular complexity index is 1600. The Morgan fingerprint density at radius 1 is 1.09 bits per heavy atom. The van der Waals surface area contributed by atoms with Crippen LogP contribution in [0.25, 0.3) is 0 Å². The van der Waals surface area contributed by atoms with Gasteiger partial charge in [0, 0.05) is 34.5 Å². The summed E-state index contributed by atoms with van der Waals surface area (Å²) in [5, 5.41) is 11.1. The molecule has 1 aliphatic heterocycles. The normalized spacial score (nSPS) is 26.8. The second-order valence-corrected chi connectivity index (χ2v) is 13.8. The highest BCUT2D eigenvalue weighted by atomic mass is 35.5. The molecule has 236 valence electrons. The van der Waals surface area contributed by atoms with Gasteiger partial charge in [-0.05, 0) is 92.7 Å². The van der Waals surface area contributed by atoms with Gasteiger partial charge in [0.25, 0.3) is 0 Å². The second kappa shape index (κ2) is 12.7. The molecule has 1 saturated heterocycles. The standard InChI is InChI=1S/C38H41ClFNO4/c1-25-8-7-18-37(2)32(17-19-38(37)24-41(36(44)45-38)23-26-9-4-3-5-10-26)29-16-14-27(20-28(42)15-13-25)21-30(29)35(43)22-31-33(39)11-6-12-34(31)40/h3-6,8-12,14,16,21,28,32,42H,7,13,15,17-20,22-24H2,1-2H3/t28-,32-,37-,38+/m0/s1. The number of hydrogen-bond acceptors (Lipinski definition) is 4. The number of allylic oxidation sites excluding steroid dienone is 2. The van der Waals surface area contributed by atoms with Crippen LogP contribution in [-0.4, -0.2) is 40.1 Å². The molecule has 4 atom stereocenters. The number of aliphatic hydroxyl groups is 1. The van der Waals surface area contributed by atoms with Gasteiger partial charge in [-0.25, -0.2) is 9.18 Å². The zero-order valence-electron chi connectivity index (χ0n) is 26.0. The van der Waals surface area contributed by atoms with Crippen molar-refractivity contribution >= 4 is 23.5 Å². The summed E-state index contributed by atoms with van der Waals surface area (Å²) in [7, 11) is 0. The Morgan fingerprint density at radius 3 is 2.67 bits per heavy atom. The van der Waals surface area contributed by atoms with Gasteiger partial charge in [-0.15, -0.1) is 0 Å². The van der Waals surface area contributed by atoms with Crippen LogP contribution in [0.5, 0.6) is 0 Å². The van der Waals surface area contributed by atoms with Crippen molar-refractivity contribution in [1.82, 2.24) is 4.90 Å². The fourth-order valence-corrected chi connectivity index (χ4v) is 8.14. The largest absolute Gasteiger partial charge is 0.440 e. The summed E-state index contributed by atoms with van der Waals surface area (Å²) < 4.78 is 21.3. The first-order valence-corrected chi connectivity index (χ1v) is 16.4. The summed E-state index contributed by atoms with van der Waals surface area (Å²) >= 11 is 6.35. The average molecular weight is 630 g/mol. The van der Waals surface area contributed by atoms with Crippen LogP contribution in [0.4, 0.5) is 9.18 Å². The van der Waals surface area contributed by atoms with Gasteiger partial charge < -0.3 is 9.84 Å². The molecule has 3 aromatic rings. The van der Waals surface area contributed by atoms with Crippen molar-refractivity contribution < 1.29 is 23.8 Å². The number of amides is 1. The molecule has 3 aromatic carbocycles. The van der Waals surface area contributed by atoms with E-state index < -0.39 is 22.9 Å². The molecule has 0 aromatic heterocycles. The highest BCUT2D eigenvalue weighted by Crippen LogP contribution is 2.61. The van der Waals surface area contributed by atoms with Crippen molar-refractivity contribution in [2.24, 2.45) is 5.41 Å². The maximum Gasteiger partial charge on any atom is 0.410 e. The Balaban J connectivity index is 1.41.